The van der Waals surface area contributed by atoms with Crippen molar-refractivity contribution in [3.8, 4) is 0 Å². The summed E-state index contributed by atoms with van der Waals surface area (Å²) in [6.07, 6.45) is 5.94. The molecule has 0 aliphatic heterocycles. The lowest BCUT2D eigenvalue weighted by Crippen LogP contribution is -2.44. The van der Waals surface area contributed by atoms with E-state index in [2.05, 4.69) is 6.92 Å². The van der Waals surface area contributed by atoms with E-state index in [0.717, 1.165) is 32.1 Å². The molecule has 88 valence electrons. The third kappa shape index (κ3) is 3.20. The minimum absolute atomic E-state index is 0.154. The Bertz CT molecular complexity index is 195. The van der Waals surface area contributed by atoms with E-state index in [1.165, 1.54) is 6.42 Å². The predicted octanol–water partition coefficient (Wildman–Crippen LogP) is 2.68. The summed E-state index contributed by atoms with van der Waals surface area (Å²) in [5.41, 5.74) is -0.621. The first-order valence-electron chi connectivity index (χ1n) is 6.06. The van der Waals surface area contributed by atoms with Crippen LogP contribution in [0.4, 0.5) is 0 Å². The Morgan fingerprint density at radius 3 is 2.40 bits per heavy atom. The molecule has 1 fully saturated rings. The fourth-order valence-electron chi connectivity index (χ4n) is 2.09. The maximum atomic E-state index is 11.9. The van der Waals surface area contributed by atoms with Crippen molar-refractivity contribution in [2.75, 3.05) is 13.2 Å². The van der Waals surface area contributed by atoms with Gasteiger partial charge in [-0.3, -0.25) is 0 Å². The van der Waals surface area contributed by atoms with Crippen molar-refractivity contribution >= 4 is 5.97 Å². The molecular formula is C12H22O3. The van der Waals surface area contributed by atoms with Gasteiger partial charge in [-0.25, -0.2) is 4.79 Å². The molecule has 0 aromatic carbocycles. The lowest BCUT2D eigenvalue weighted by atomic mass is 9.84. The summed E-state index contributed by atoms with van der Waals surface area (Å²) in [7, 11) is 0. The van der Waals surface area contributed by atoms with Crippen LogP contribution in [0.15, 0.2) is 0 Å². The van der Waals surface area contributed by atoms with Crippen LogP contribution >= 0.6 is 0 Å². The second-order valence-corrected chi connectivity index (χ2v) is 4.12. The van der Waals surface area contributed by atoms with Crippen molar-refractivity contribution in [3.63, 3.8) is 0 Å². The number of ether oxygens (including phenoxy) is 2. The van der Waals surface area contributed by atoms with Gasteiger partial charge in [0.2, 0.25) is 0 Å². The van der Waals surface area contributed by atoms with Crippen LogP contribution < -0.4 is 0 Å². The number of carbonyl (C=O) groups is 1. The SMILES string of the molecule is CCCOC1(C(=O)OCC)CCCCC1. The van der Waals surface area contributed by atoms with E-state index in [4.69, 9.17) is 9.47 Å². The molecule has 1 aliphatic carbocycles. The molecule has 0 bridgehead atoms. The van der Waals surface area contributed by atoms with Crippen molar-refractivity contribution in [3.05, 3.63) is 0 Å². The summed E-state index contributed by atoms with van der Waals surface area (Å²) in [6, 6.07) is 0. The molecule has 0 aromatic heterocycles. The second kappa shape index (κ2) is 6.11. The monoisotopic (exact) mass is 214 g/mol. The molecule has 0 amide bonds. The van der Waals surface area contributed by atoms with Gasteiger partial charge in [-0.05, 0) is 39.0 Å². The molecule has 0 radical (unpaired) electrons. The van der Waals surface area contributed by atoms with Crippen LogP contribution in [0.25, 0.3) is 0 Å². The Morgan fingerprint density at radius 1 is 1.20 bits per heavy atom. The van der Waals surface area contributed by atoms with Crippen LogP contribution in [-0.2, 0) is 14.3 Å². The van der Waals surface area contributed by atoms with Gasteiger partial charge >= 0.3 is 5.97 Å². The number of hydrogen-bond acceptors (Lipinski definition) is 3. The molecule has 15 heavy (non-hydrogen) atoms. The van der Waals surface area contributed by atoms with Crippen molar-refractivity contribution in [2.24, 2.45) is 0 Å². The van der Waals surface area contributed by atoms with Crippen LogP contribution in [-0.4, -0.2) is 24.8 Å². The highest BCUT2D eigenvalue weighted by Crippen LogP contribution is 2.33. The molecule has 1 rings (SSSR count). The molecule has 0 spiro atoms. The quantitative estimate of drug-likeness (QED) is 0.660. The van der Waals surface area contributed by atoms with Crippen molar-refractivity contribution in [2.45, 2.75) is 58.0 Å². The Labute approximate surface area is 92.1 Å². The van der Waals surface area contributed by atoms with Gasteiger partial charge in [0.25, 0.3) is 0 Å². The third-order valence-electron chi connectivity index (χ3n) is 2.89. The molecule has 1 aliphatic rings. The topological polar surface area (TPSA) is 35.5 Å². The first-order valence-corrected chi connectivity index (χ1v) is 6.06. The van der Waals surface area contributed by atoms with E-state index >= 15 is 0 Å². The largest absolute Gasteiger partial charge is 0.464 e. The van der Waals surface area contributed by atoms with Crippen LogP contribution in [0.1, 0.15) is 52.4 Å². The van der Waals surface area contributed by atoms with Crippen molar-refractivity contribution in [1.82, 2.24) is 0 Å². The summed E-state index contributed by atoms with van der Waals surface area (Å²) in [5, 5.41) is 0. The van der Waals surface area contributed by atoms with E-state index in [1.54, 1.807) is 0 Å². The highest BCUT2D eigenvalue weighted by Gasteiger charge is 2.41. The molecule has 3 nitrogen and oxygen atoms in total. The van der Waals surface area contributed by atoms with Gasteiger partial charge < -0.3 is 9.47 Å². The molecule has 0 saturated heterocycles. The Morgan fingerprint density at radius 2 is 1.87 bits per heavy atom. The second-order valence-electron chi connectivity index (χ2n) is 4.12. The van der Waals surface area contributed by atoms with E-state index < -0.39 is 5.60 Å². The summed E-state index contributed by atoms with van der Waals surface area (Å²) in [6.45, 7) is 4.99. The highest BCUT2D eigenvalue weighted by molar-refractivity contribution is 5.79. The van der Waals surface area contributed by atoms with E-state index in [-0.39, 0.29) is 5.97 Å². The summed E-state index contributed by atoms with van der Waals surface area (Å²) >= 11 is 0. The zero-order valence-electron chi connectivity index (χ0n) is 9.88. The lowest BCUT2D eigenvalue weighted by molar-refractivity contribution is -0.177. The maximum Gasteiger partial charge on any atom is 0.338 e. The predicted molar refractivity (Wildman–Crippen MR) is 58.7 cm³/mol. The number of esters is 1. The maximum absolute atomic E-state index is 11.9. The average molecular weight is 214 g/mol. The van der Waals surface area contributed by atoms with Crippen LogP contribution in [0.3, 0.4) is 0 Å². The molecule has 3 heteroatoms. The standard InChI is InChI=1S/C12H22O3/c1-3-10-15-12(11(13)14-4-2)8-6-5-7-9-12/h3-10H2,1-2H3. The lowest BCUT2D eigenvalue weighted by Gasteiger charge is -2.34. The van der Waals surface area contributed by atoms with Gasteiger partial charge in [0, 0.05) is 6.61 Å². The Balaban J connectivity index is 2.61. The molecule has 0 unspecified atom stereocenters. The number of carbonyl (C=O) groups excluding carboxylic acids is 1. The van der Waals surface area contributed by atoms with E-state index in [9.17, 15) is 4.79 Å². The van der Waals surface area contributed by atoms with Gasteiger partial charge in [0.15, 0.2) is 5.60 Å². The first-order chi connectivity index (χ1) is 7.25. The average Bonchev–Trinajstić information content (AvgIpc) is 2.28. The van der Waals surface area contributed by atoms with E-state index in [0.29, 0.717) is 13.2 Å². The van der Waals surface area contributed by atoms with Gasteiger partial charge in [-0.2, -0.15) is 0 Å². The normalized spacial score (nSPS) is 19.9. The minimum Gasteiger partial charge on any atom is -0.464 e. The number of hydrogen-bond donors (Lipinski definition) is 0. The fourth-order valence-corrected chi connectivity index (χ4v) is 2.09. The molecule has 0 aromatic rings. The van der Waals surface area contributed by atoms with Crippen LogP contribution in [0, 0.1) is 0 Å². The van der Waals surface area contributed by atoms with Gasteiger partial charge in [-0.1, -0.05) is 13.3 Å². The number of rotatable bonds is 5. The molecule has 0 atom stereocenters. The van der Waals surface area contributed by atoms with Crippen molar-refractivity contribution < 1.29 is 14.3 Å². The summed E-state index contributed by atoms with van der Waals surface area (Å²) in [5.74, 6) is -0.154. The van der Waals surface area contributed by atoms with Gasteiger partial charge in [0.05, 0.1) is 6.61 Å². The minimum atomic E-state index is -0.621. The molecule has 0 heterocycles. The van der Waals surface area contributed by atoms with Gasteiger partial charge in [0.1, 0.15) is 0 Å². The van der Waals surface area contributed by atoms with Crippen LogP contribution in [0.2, 0.25) is 0 Å². The summed E-state index contributed by atoms with van der Waals surface area (Å²) in [4.78, 5) is 11.9. The molecule has 1 saturated carbocycles. The van der Waals surface area contributed by atoms with Gasteiger partial charge in [-0.15, -0.1) is 0 Å². The van der Waals surface area contributed by atoms with E-state index in [1.807, 2.05) is 6.92 Å². The zero-order valence-corrected chi connectivity index (χ0v) is 9.88. The molecule has 0 N–H and O–H groups in total. The van der Waals surface area contributed by atoms with Crippen LogP contribution in [0.5, 0.6) is 0 Å². The first kappa shape index (κ1) is 12.5. The Kier molecular flexibility index (Phi) is 5.09. The zero-order chi connectivity index (χ0) is 11.1. The van der Waals surface area contributed by atoms with Crippen molar-refractivity contribution in [1.29, 1.82) is 0 Å². The highest BCUT2D eigenvalue weighted by atomic mass is 16.6. The molecular weight excluding hydrogens is 192 g/mol. The smallest absolute Gasteiger partial charge is 0.338 e. The summed E-state index contributed by atoms with van der Waals surface area (Å²) < 4.78 is 10.9. The Hall–Kier alpha value is -0.570. The third-order valence-corrected chi connectivity index (χ3v) is 2.89. The fraction of sp³-hybridized carbons (Fsp3) is 0.917.